The number of hydrogen-bond donors (Lipinski definition) is 2. The van der Waals surface area contributed by atoms with E-state index in [1.807, 2.05) is 48.5 Å². The molecule has 148 valence electrons. The van der Waals surface area contributed by atoms with E-state index in [1.54, 1.807) is 13.3 Å². The van der Waals surface area contributed by atoms with Gasteiger partial charge in [0.1, 0.15) is 6.61 Å². The summed E-state index contributed by atoms with van der Waals surface area (Å²) < 4.78 is 16.9. The molecule has 0 amide bonds. The fourth-order valence-corrected chi connectivity index (χ4v) is 2.97. The van der Waals surface area contributed by atoms with Crippen LogP contribution in [0.1, 0.15) is 24.0 Å². The van der Waals surface area contributed by atoms with Crippen LogP contribution in [-0.2, 0) is 11.3 Å². The highest BCUT2D eigenvalue weighted by atomic mass is 32.1. The van der Waals surface area contributed by atoms with E-state index in [4.69, 9.17) is 26.4 Å². The Kier molecular flexibility index (Phi) is 7.63. The lowest BCUT2D eigenvalue weighted by molar-refractivity contribution is 0.114. The Morgan fingerprint density at radius 2 is 2.11 bits per heavy atom. The van der Waals surface area contributed by atoms with E-state index in [9.17, 15) is 0 Å². The third-order valence-electron chi connectivity index (χ3n) is 4.32. The first-order valence-electron chi connectivity index (χ1n) is 9.28. The molecular weight excluding hydrogens is 374 g/mol. The van der Waals surface area contributed by atoms with Crippen molar-refractivity contribution in [3.8, 4) is 11.5 Å². The summed E-state index contributed by atoms with van der Waals surface area (Å²) in [7, 11) is 1.62. The van der Waals surface area contributed by atoms with Crippen molar-refractivity contribution in [2.45, 2.75) is 25.6 Å². The Bertz CT molecular complexity index is 793. The second-order valence-corrected chi connectivity index (χ2v) is 6.81. The Morgan fingerprint density at radius 1 is 1.25 bits per heavy atom. The number of hydrazone groups is 1. The molecule has 1 fully saturated rings. The summed E-state index contributed by atoms with van der Waals surface area (Å²) in [6.45, 7) is 2.01. The molecule has 1 aliphatic heterocycles. The molecule has 7 heteroatoms. The van der Waals surface area contributed by atoms with Crippen LogP contribution in [0.15, 0.2) is 53.6 Å². The predicted molar refractivity (Wildman–Crippen MR) is 114 cm³/mol. The maximum atomic E-state index is 5.86. The zero-order chi connectivity index (χ0) is 19.6. The van der Waals surface area contributed by atoms with Crippen LogP contribution in [0.4, 0.5) is 0 Å². The van der Waals surface area contributed by atoms with Crippen LogP contribution < -0.4 is 20.2 Å². The molecule has 6 nitrogen and oxygen atoms in total. The van der Waals surface area contributed by atoms with E-state index in [2.05, 4.69) is 15.8 Å². The molecule has 1 saturated heterocycles. The summed E-state index contributed by atoms with van der Waals surface area (Å²) >= 11 is 5.22. The van der Waals surface area contributed by atoms with Crippen molar-refractivity contribution in [2.75, 3.05) is 20.3 Å². The third kappa shape index (κ3) is 6.21. The first kappa shape index (κ1) is 20.1. The van der Waals surface area contributed by atoms with Gasteiger partial charge in [0.05, 0.1) is 19.4 Å². The van der Waals surface area contributed by atoms with Gasteiger partial charge < -0.3 is 19.5 Å². The number of thiocarbonyl (C=S) groups is 1. The lowest BCUT2D eigenvalue weighted by Gasteiger charge is -2.12. The van der Waals surface area contributed by atoms with Gasteiger partial charge in [-0.1, -0.05) is 30.3 Å². The average molecular weight is 400 g/mol. The van der Waals surface area contributed by atoms with E-state index in [0.29, 0.717) is 29.8 Å². The van der Waals surface area contributed by atoms with Gasteiger partial charge in [-0.05, 0) is 54.4 Å². The Morgan fingerprint density at radius 3 is 2.86 bits per heavy atom. The third-order valence-corrected chi connectivity index (χ3v) is 4.55. The van der Waals surface area contributed by atoms with Crippen molar-refractivity contribution in [3.05, 3.63) is 59.7 Å². The molecule has 1 unspecified atom stereocenters. The maximum Gasteiger partial charge on any atom is 0.187 e. The van der Waals surface area contributed by atoms with Crippen molar-refractivity contribution in [1.29, 1.82) is 0 Å². The largest absolute Gasteiger partial charge is 0.493 e. The van der Waals surface area contributed by atoms with Gasteiger partial charge in [0.15, 0.2) is 16.6 Å². The van der Waals surface area contributed by atoms with Crippen LogP contribution in [0.2, 0.25) is 0 Å². The van der Waals surface area contributed by atoms with Crippen LogP contribution >= 0.6 is 12.2 Å². The molecule has 0 bridgehead atoms. The predicted octanol–water partition coefficient (Wildman–Crippen LogP) is 3.25. The van der Waals surface area contributed by atoms with E-state index in [1.165, 1.54) is 0 Å². The molecule has 1 heterocycles. The van der Waals surface area contributed by atoms with Crippen LogP contribution in [0.25, 0.3) is 0 Å². The van der Waals surface area contributed by atoms with Crippen molar-refractivity contribution in [1.82, 2.24) is 10.7 Å². The molecule has 0 saturated carbocycles. The molecule has 0 aliphatic carbocycles. The SMILES string of the molecule is COc1cc(C=NNC(=S)NCC2CCCO2)ccc1OCc1ccccc1. The van der Waals surface area contributed by atoms with Gasteiger partial charge in [-0.25, -0.2) is 0 Å². The van der Waals surface area contributed by atoms with Crippen molar-refractivity contribution >= 4 is 23.5 Å². The minimum atomic E-state index is 0.233. The monoisotopic (exact) mass is 399 g/mol. The molecule has 3 rings (SSSR count). The zero-order valence-electron chi connectivity index (χ0n) is 15.9. The highest BCUT2D eigenvalue weighted by molar-refractivity contribution is 7.80. The number of hydrogen-bond acceptors (Lipinski definition) is 5. The topological polar surface area (TPSA) is 64.1 Å². The highest BCUT2D eigenvalue weighted by Gasteiger charge is 2.15. The molecule has 2 N–H and O–H groups in total. The van der Waals surface area contributed by atoms with E-state index >= 15 is 0 Å². The summed E-state index contributed by atoms with van der Waals surface area (Å²) in [5, 5.41) is 7.75. The Labute approximate surface area is 170 Å². The zero-order valence-corrected chi connectivity index (χ0v) is 16.7. The highest BCUT2D eigenvalue weighted by Crippen LogP contribution is 2.28. The Balaban J connectivity index is 1.49. The number of nitrogens with one attached hydrogen (secondary N) is 2. The number of methoxy groups -OCH3 is 1. The quantitative estimate of drug-likeness (QED) is 0.404. The number of ether oxygens (including phenoxy) is 3. The van der Waals surface area contributed by atoms with Crippen molar-refractivity contribution < 1.29 is 14.2 Å². The molecule has 1 atom stereocenters. The number of rotatable bonds is 8. The first-order chi connectivity index (χ1) is 13.7. The number of nitrogens with zero attached hydrogens (tertiary/aromatic N) is 1. The smallest absolute Gasteiger partial charge is 0.187 e. The first-order valence-corrected chi connectivity index (χ1v) is 9.68. The molecular formula is C21H25N3O3S. The van der Waals surface area contributed by atoms with E-state index in [-0.39, 0.29) is 6.10 Å². The van der Waals surface area contributed by atoms with E-state index in [0.717, 1.165) is 30.6 Å². The van der Waals surface area contributed by atoms with Crippen LogP contribution in [0, 0.1) is 0 Å². The van der Waals surface area contributed by atoms with Crippen LogP contribution in [-0.4, -0.2) is 37.7 Å². The van der Waals surface area contributed by atoms with Crippen molar-refractivity contribution in [3.63, 3.8) is 0 Å². The fraction of sp³-hybridized carbons (Fsp3) is 0.333. The van der Waals surface area contributed by atoms with Gasteiger partial charge in [-0.2, -0.15) is 5.10 Å². The van der Waals surface area contributed by atoms with Gasteiger partial charge in [-0.3, -0.25) is 5.43 Å². The lowest BCUT2D eigenvalue weighted by atomic mass is 10.2. The molecule has 2 aromatic rings. The van der Waals surface area contributed by atoms with Gasteiger partial charge in [0.25, 0.3) is 0 Å². The van der Waals surface area contributed by atoms with Crippen LogP contribution in [0.3, 0.4) is 0 Å². The molecule has 2 aromatic carbocycles. The van der Waals surface area contributed by atoms with E-state index < -0.39 is 0 Å². The summed E-state index contributed by atoms with van der Waals surface area (Å²) in [6.07, 6.45) is 4.09. The molecule has 28 heavy (non-hydrogen) atoms. The second-order valence-electron chi connectivity index (χ2n) is 6.40. The lowest BCUT2D eigenvalue weighted by Crippen LogP contribution is -2.37. The van der Waals surface area contributed by atoms with Crippen LogP contribution in [0.5, 0.6) is 11.5 Å². The fourth-order valence-electron chi connectivity index (χ4n) is 2.84. The maximum absolute atomic E-state index is 5.86. The number of benzene rings is 2. The molecule has 1 aliphatic rings. The molecule has 0 aromatic heterocycles. The average Bonchev–Trinajstić information content (AvgIpc) is 3.25. The minimum Gasteiger partial charge on any atom is -0.493 e. The standard InChI is InChI=1S/C21H25N3O3S/c1-25-20-12-17(9-10-19(20)27-15-16-6-3-2-4-7-16)13-23-24-21(28)22-14-18-8-5-11-26-18/h2-4,6-7,9-10,12-13,18H,5,8,11,14-15H2,1H3,(H2,22,24,28). The Hall–Kier alpha value is -2.64. The van der Waals surface area contributed by atoms with Gasteiger partial charge >= 0.3 is 0 Å². The minimum absolute atomic E-state index is 0.233. The second kappa shape index (κ2) is 10.6. The van der Waals surface area contributed by atoms with Gasteiger partial charge in [0.2, 0.25) is 0 Å². The van der Waals surface area contributed by atoms with Gasteiger partial charge in [-0.15, -0.1) is 0 Å². The summed E-state index contributed by atoms with van der Waals surface area (Å²) in [5.41, 5.74) is 4.79. The summed E-state index contributed by atoms with van der Waals surface area (Å²) in [5.74, 6) is 1.34. The van der Waals surface area contributed by atoms with Gasteiger partial charge in [0, 0.05) is 13.2 Å². The van der Waals surface area contributed by atoms with Crippen molar-refractivity contribution in [2.24, 2.45) is 5.10 Å². The molecule has 0 spiro atoms. The molecule has 0 radical (unpaired) electrons. The normalized spacial score (nSPS) is 16.1. The summed E-state index contributed by atoms with van der Waals surface area (Å²) in [4.78, 5) is 0. The summed E-state index contributed by atoms with van der Waals surface area (Å²) in [6, 6.07) is 15.7.